The van der Waals surface area contributed by atoms with E-state index in [9.17, 15) is 0 Å². The Morgan fingerprint density at radius 1 is 1.35 bits per heavy atom. The summed E-state index contributed by atoms with van der Waals surface area (Å²) in [7, 11) is 4.21. The molecule has 3 N–H and O–H groups in total. The van der Waals surface area contributed by atoms with E-state index >= 15 is 0 Å². The summed E-state index contributed by atoms with van der Waals surface area (Å²) in [6.45, 7) is 6.24. The van der Waals surface area contributed by atoms with Crippen LogP contribution in [-0.4, -0.2) is 73.1 Å². The highest BCUT2D eigenvalue weighted by atomic mass is 79.9. The number of nitrogens with one attached hydrogen (secondary N) is 1. The molecule has 0 bridgehead atoms. The summed E-state index contributed by atoms with van der Waals surface area (Å²) in [5.41, 5.74) is 2.49. The van der Waals surface area contributed by atoms with E-state index < -0.39 is 0 Å². The van der Waals surface area contributed by atoms with E-state index in [2.05, 4.69) is 60.1 Å². The topological polar surface area (TPSA) is 73.5 Å². The fourth-order valence-corrected chi connectivity index (χ4v) is 2.62. The lowest BCUT2D eigenvalue weighted by Crippen LogP contribution is -2.48. The summed E-state index contributed by atoms with van der Waals surface area (Å²) < 4.78 is 0.901. The van der Waals surface area contributed by atoms with Crippen molar-refractivity contribution in [2.75, 3.05) is 63.7 Å². The van der Waals surface area contributed by atoms with E-state index in [1.807, 2.05) is 0 Å². The van der Waals surface area contributed by atoms with Crippen molar-refractivity contribution in [1.29, 1.82) is 0 Å². The first-order valence-electron chi connectivity index (χ1n) is 6.71. The van der Waals surface area contributed by atoms with Crippen molar-refractivity contribution in [2.24, 2.45) is 5.84 Å². The molecule has 1 saturated heterocycles. The molecule has 112 valence electrons. The zero-order valence-corrected chi connectivity index (χ0v) is 13.6. The number of piperazine rings is 1. The van der Waals surface area contributed by atoms with Crippen LogP contribution in [0.25, 0.3) is 0 Å². The van der Waals surface area contributed by atoms with E-state index in [1.54, 1.807) is 6.20 Å². The van der Waals surface area contributed by atoms with Gasteiger partial charge in [0.05, 0.1) is 4.47 Å². The van der Waals surface area contributed by atoms with Gasteiger partial charge in [0.15, 0.2) is 0 Å². The number of anilines is 2. The molecule has 0 saturated carbocycles. The largest absolute Gasteiger partial charge is 0.353 e. The fourth-order valence-electron chi connectivity index (χ4n) is 2.17. The zero-order chi connectivity index (χ0) is 14.5. The second-order valence-corrected chi connectivity index (χ2v) is 6.00. The number of halogens is 1. The lowest BCUT2D eigenvalue weighted by Gasteiger charge is -2.36. The van der Waals surface area contributed by atoms with Crippen LogP contribution in [0.15, 0.2) is 10.7 Å². The standard InChI is InChI=1S/C12H22BrN7/c1-18(2)3-4-19-5-7-20(8-6-19)11-10(13)9-15-12(16-11)17-14/h9H,3-8,14H2,1-2H3,(H,15,16,17). The molecule has 1 aromatic rings. The van der Waals surface area contributed by atoms with Crippen molar-refractivity contribution < 1.29 is 0 Å². The summed E-state index contributed by atoms with van der Waals surface area (Å²) in [6.07, 6.45) is 1.73. The Bertz CT molecular complexity index is 432. The SMILES string of the molecule is CN(C)CCN1CCN(c2nc(NN)ncc2Br)CC1. The van der Waals surface area contributed by atoms with Gasteiger partial charge in [0, 0.05) is 45.5 Å². The van der Waals surface area contributed by atoms with Gasteiger partial charge >= 0.3 is 0 Å². The third kappa shape index (κ3) is 4.02. The molecule has 2 heterocycles. The van der Waals surface area contributed by atoms with Crippen molar-refractivity contribution in [3.05, 3.63) is 10.7 Å². The maximum Gasteiger partial charge on any atom is 0.239 e. The first-order chi connectivity index (χ1) is 9.60. The Morgan fingerprint density at radius 3 is 2.65 bits per heavy atom. The molecular weight excluding hydrogens is 322 g/mol. The molecule has 0 aromatic carbocycles. The van der Waals surface area contributed by atoms with Crippen LogP contribution in [0.3, 0.4) is 0 Å². The van der Waals surface area contributed by atoms with Crippen LogP contribution in [-0.2, 0) is 0 Å². The van der Waals surface area contributed by atoms with Gasteiger partial charge in [-0.05, 0) is 30.0 Å². The summed E-state index contributed by atoms with van der Waals surface area (Å²) in [5, 5.41) is 0. The van der Waals surface area contributed by atoms with Gasteiger partial charge in [-0.3, -0.25) is 10.3 Å². The number of rotatable bonds is 5. The molecule has 0 unspecified atom stereocenters. The Labute approximate surface area is 128 Å². The highest BCUT2D eigenvalue weighted by molar-refractivity contribution is 9.10. The lowest BCUT2D eigenvalue weighted by atomic mass is 10.3. The molecule has 7 nitrogen and oxygen atoms in total. The summed E-state index contributed by atoms with van der Waals surface area (Å²) in [6, 6.07) is 0. The maximum absolute atomic E-state index is 5.37. The van der Waals surface area contributed by atoms with Gasteiger partial charge in [-0.15, -0.1) is 0 Å². The summed E-state index contributed by atoms with van der Waals surface area (Å²) in [4.78, 5) is 15.5. The molecule has 1 aliphatic heterocycles. The van der Waals surface area contributed by atoms with Crippen molar-refractivity contribution in [1.82, 2.24) is 19.8 Å². The molecule has 1 aromatic heterocycles. The molecule has 0 amide bonds. The van der Waals surface area contributed by atoms with E-state index in [4.69, 9.17) is 5.84 Å². The molecular formula is C12H22BrN7. The van der Waals surface area contributed by atoms with Gasteiger partial charge < -0.3 is 9.80 Å². The Morgan fingerprint density at radius 2 is 2.05 bits per heavy atom. The van der Waals surface area contributed by atoms with Gasteiger partial charge in [-0.25, -0.2) is 10.8 Å². The summed E-state index contributed by atoms with van der Waals surface area (Å²) >= 11 is 3.50. The zero-order valence-electron chi connectivity index (χ0n) is 12.0. The van der Waals surface area contributed by atoms with Crippen molar-refractivity contribution >= 4 is 27.7 Å². The van der Waals surface area contributed by atoms with E-state index in [1.165, 1.54) is 0 Å². The van der Waals surface area contributed by atoms with Gasteiger partial charge in [-0.2, -0.15) is 4.98 Å². The molecule has 1 fully saturated rings. The smallest absolute Gasteiger partial charge is 0.239 e. The average Bonchev–Trinajstić information content (AvgIpc) is 2.46. The number of nitrogens with zero attached hydrogens (tertiary/aromatic N) is 5. The second-order valence-electron chi connectivity index (χ2n) is 5.14. The highest BCUT2D eigenvalue weighted by Crippen LogP contribution is 2.25. The molecule has 8 heteroatoms. The maximum atomic E-state index is 5.37. The minimum Gasteiger partial charge on any atom is -0.353 e. The minimum atomic E-state index is 0.443. The Balaban J connectivity index is 1.93. The van der Waals surface area contributed by atoms with Gasteiger partial charge in [0.25, 0.3) is 0 Å². The number of hydrazine groups is 1. The summed E-state index contributed by atoms with van der Waals surface area (Å²) in [5.74, 6) is 6.71. The van der Waals surface area contributed by atoms with Crippen LogP contribution in [0.1, 0.15) is 0 Å². The van der Waals surface area contributed by atoms with Crippen molar-refractivity contribution in [2.45, 2.75) is 0 Å². The van der Waals surface area contributed by atoms with Crippen LogP contribution < -0.4 is 16.2 Å². The molecule has 1 aliphatic rings. The fraction of sp³-hybridized carbons (Fsp3) is 0.667. The number of nitrogens with two attached hydrogens (primary N) is 1. The van der Waals surface area contributed by atoms with E-state index in [0.29, 0.717) is 5.95 Å². The quantitative estimate of drug-likeness (QED) is 0.584. The Hall–Kier alpha value is -0.960. The van der Waals surface area contributed by atoms with Gasteiger partial charge in [-0.1, -0.05) is 0 Å². The first-order valence-corrected chi connectivity index (χ1v) is 7.50. The highest BCUT2D eigenvalue weighted by Gasteiger charge is 2.20. The number of hydrogen-bond donors (Lipinski definition) is 2. The molecule has 20 heavy (non-hydrogen) atoms. The first kappa shape index (κ1) is 15.4. The van der Waals surface area contributed by atoms with Crippen molar-refractivity contribution in [3.8, 4) is 0 Å². The van der Waals surface area contributed by atoms with Crippen LogP contribution in [0.2, 0.25) is 0 Å². The molecule has 0 aliphatic carbocycles. The predicted molar refractivity (Wildman–Crippen MR) is 84.7 cm³/mol. The molecule has 0 spiro atoms. The van der Waals surface area contributed by atoms with Crippen molar-refractivity contribution in [3.63, 3.8) is 0 Å². The second kappa shape index (κ2) is 7.16. The van der Waals surface area contributed by atoms with Crippen LogP contribution in [0.5, 0.6) is 0 Å². The lowest BCUT2D eigenvalue weighted by molar-refractivity contribution is 0.229. The predicted octanol–water partition coefficient (Wildman–Crippen LogP) is 0.208. The number of aromatic nitrogens is 2. The van der Waals surface area contributed by atoms with E-state index in [-0.39, 0.29) is 0 Å². The van der Waals surface area contributed by atoms with Gasteiger partial charge in [0.2, 0.25) is 5.95 Å². The van der Waals surface area contributed by atoms with Crippen LogP contribution in [0, 0.1) is 0 Å². The van der Waals surface area contributed by atoms with E-state index in [0.717, 1.165) is 49.6 Å². The monoisotopic (exact) mass is 343 g/mol. The molecule has 0 atom stereocenters. The number of hydrogen-bond acceptors (Lipinski definition) is 7. The van der Waals surface area contributed by atoms with Crippen LogP contribution >= 0.6 is 15.9 Å². The Kier molecular flexibility index (Phi) is 5.53. The van der Waals surface area contributed by atoms with Gasteiger partial charge in [0.1, 0.15) is 5.82 Å². The minimum absolute atomic E-state index is 0.443. The van der Waals surface area contributed by atoms with Crippen LogP contribution in [0.4, 0.5) is 11.8 Å². The molecule has 2 rings (SSSR count). The number of nitrogen functional groups attached to an aromatic ring is 1. The normalized spacial score (nSPS) is 16.8. The third-order valence-corrected chi connectivity index (χ3v) is 3.95. The third-order valence-electron chi connectivity index (χ3n) is 3.39. The molecule has 0 radical (unpaired) electrons. The number of likely N-dealkylation sites (N-methyl/N-ethyl adjacent to an activating group) is 1. The average molecular weight is 344 g/mol.